The minimum atomic E-state index is -0.396. The quantitative estimate of drug-likeness (QED) is 0.814. The van der Waals surface area contributed by atoms with Crippen LogP contribution in [-0.4, -0.2) is 11.1 Å². The molecule has 0 radical (unpaired) electrons. The number of oxazole rings is 1. The number of halogens is 1. The van der Waals surface area contributed by atoms with Crippen molar-refractivity contribution in [2.45, 2.75) is 6.54 Å². The number of hydrogen-bond acceptors (Lipinski definition) is 3. The lowest BCUT2D eigenvalue weighted by Crippen LogP contribution is -2.19. The molecule has 0 aliphatic rings. The molecule has 0 aliphatic carbocycles. The van der Waals surface area contributed by atoms with Crippen molar-refractivity contribution in [3.8, 4) is 0 Å². The van der Waals surface area contributed by atoms with Crippen LogP contribution in [0.5, 0.6) is 0 Å². The van der Waals surface area contributed by atoms with Crippen molar-refractivity contribution in [3.05, 3.63) is 33.8 Å². The smallest absolute Gasteiger partial charge is 0.408 e. The number of nitrogens with zero attached hydrogens (tertiary/aromatic N) is 1. The van der Waals surface area contributed by atoms with E-state index < -0.39 is 5.76 Å². The van der Waals surface area contributed by atoms with Crippen molar-refractivity contribution in [2.24, 2.45) is 5.73 Å². The third-order valence-corrected chi connectivity index (χ3v) is 2.22. The lowest BCUT2D eigenvalue weighted by Gasteiger charge is -1.97. The van der Waals surface area contributed by atoms with Crippen LogP contribution in [0.4, 0.5) is 0 Å². The molecule has 0 bridgehead atoms. The van der Waals surface area contributed by atoms with Crippen LogP contribution in [0.1, 0.15) is 0 Å². The molecule has 4 nitrogen and oxygen atoms in total. The molecule has 0 fully saturated rings. The van der Waals surface area contributed by atoms with Gasteiger partial charge in [-0.3, -0.25) is 4.57 Å². The largest absolute Gasteiger partial charge is 0.419 e. The van der Waals surface area contributed by atoms with E-state index in [0.717, 1.165) is 5.52 Å². The normalized spacial score (nSPS) is 11.0. The molecule has 0 saturated heterocycles. The first kappa shape index (κ1) is 9.30. The van der Waals surface area contributed by atoms with Crippen LogP contribution in [0.2, 0.25) is 5.02 Å². The second-order valence-electron chi connectivity index (χ2n) is 2.92. The molecule has 5 heteroatoms. The summed E-state index contributed by atoms with van der Waals surface area (Å²) in [5.41, 5.74) is 6.61. The van der Waals surface area contributed by atoms with Crippen LogP contribution in [0.3, 0.4) is 0 Å². The third kappa shape index (κ3) is 1.42. The van der Waals surface area contributed by atoms with Gasteiger partial charge in [-0.2, -0.15) is 0 Å². The van der Waals surface area contributed by atoms with E-state index in [0.29, 0.717) is 23.7 Å². The Balaban J connectivity index is 2.71. The number of rotatable bonds is 2. The maximum atomic E-state index is 11.3. The Bertz CT molecular complexity index is 515. The molecular formula is C9H9ClN2O2. The van der Waals surface area contributed by atoms with E-state index in [-0.39, 0.29) is 0 Å². The van der Waals surface area contributed by atoms with Gasteiger partial charge in [0.1, 0.15) is 0 Å². The van der Waals surface area contributed by atoms with E-state index in [1.54, 1.807) is 18.2 Å². The fourth-order valence-corrected chi connectivity index (χ4v) is 1.54. The Labute approximate surface area is 84.9 Å². The third-order valence-electron chi connectivity index (χ3n) is 1.98. The lowest BCUT2D eigenvalue weighted by molar-refractivity contribution is 0.507. The maximum Gasteiger partial charge on any atom is 0.419 e. The molecule has 0 aliphatic heterocycles. The van der Waals surface area contributed by atoms with E-state index in [2.05, 4.69) is 0 Å². The average molecular weight is 213 g/mol. The van der Waals surface area contributed by atoms with E-state index in [1.165, 1.54) is 4.57 Å². The van der Waals surface area contributed by atoms with E-state index in [9.17, 15) is 4.79 Å². The molecule has 2 aromatic rings. The van der Waals surface area contributed by atoms with Crippen LogP contribution in [0.25, 0.3) is 11.1 Å². The van der Waals surface area contributed by atoms with Gasteiger partial charge in [-0.15, -0.1) is 0 Å². The van der Waals surface area contributed by atoms with E-state index >= 15 is 0 Å². The molecule has 0 unspecified atom stereocenters. The van der Waals surface area contributed by atoms with Gasteiger partial charge in [-0.25, -0.2) is 4.79 Å². The SMILES string of the molecule is NCCn1c(=O)oc2cc(Cl)ccc21. The van der Waals surface area contributed by atoms with Gasteiger partial charge in [-0.1, -0.05) is 11.6 Å². The van der Waals surface area contributed by atoms with Gasteiger partial charge in [0.25, 0.3) is 0 Å². The fraction of sp³-hybridized carbons (Fsp3) is 0.222. The zero-order valence-corrected chi connectivity index (χ0v) is 8.12. The zero-order valence-electron chi connectivity index (χ0n) is 7.37. The maximum absolute atomic E-state index is 11.3. The van der Waals surface area contributed by atoms with E-state index in [4.69, 9.17) is 21.8 Å². The highest BCUT2D eigenvalue weighted by Crippen LogP contribution is 2.17. The van der Waals surface area contributed by atoms with Gasteiger partial charge < -0.3 is 10.2 Å². The van der Waals surface area contributed by atoms with Crippen LogP contribution in [0, 0.1) is 0 Å². The monoisotopic (exact) mass is 212 g/mol. The summed E-state index contributed by atoms with van der Waals surface area (Å²) in [5.74, 6) is -0.396. The average Bonchev–Trinajstić information content (AvgIpc) is 2.43. The van der Waals surface area contributed by atoms with Crippen molar-refractivity contribution in [3.63, 3.8) is 0 Å². The van der Waals surface area contributed by atoms with Gasteiger partial charge in [0.05, 0.1) is 5.52 Å². The Morgan fingerprint density at radius 1 is 1.50 bits per heavy atom. The summed E-state index contributed by atoms with van der Waals surface area (Å²) in [7, 11) is 0. The van der Waals surface area contributed by atoms with Crippen molar-refractivity contribution in [1.82, 2.24) is 4.57 Å². The molecule has 0 saturated carbocycles. The first-order valence-electron chi connectivity index (χ1n) is 4.21. The highest BCUT2D eigenvalue weighted by molar-refractivity contribution is 6.31. The summed E-state index contributed by atoms with van der Waals surface area (Å²) in [5, 5.41) is 0.547. The van der Waals surface area contributed by atoms with Gasteiger partial charge in [0.15, 0.2) is 5.58 Å². The number of benzene rings is 1. The zero-order chi connectivity index (χ0) is 10.1. The molecular weight excluding hydrogens is 204 g/mol. The van der Waals surface area contributed by atoms with Crippen LogP contribution in [0.15, 0.2) is 27.4 Å². The molecule has 1 aromatic heterocycles. The number of aromatic nitrogens is 1. The molecule has 74 valence electrons. The predicted molar refractivity (Wildman–Crippen MR) is 54.5 cm³/mol. The molecule has 1 aromatic carbocycles. The van der Waals surface area contributed by atoms with Gasteiger partial charge >= 0.3 is 5.76 Å². The lowest BCUT2D eigenvalue weighted by atomic mass is 10.3. The highest BCUT2D eigenvalue weighted by Gasteiger charge is 2.07. The molecule has 0 amide bonds. The van der Waals surface area contributed by atoms with Crippen LogP contribution < -0.4 is 11.5 Å². The number of fused-ring (bicyclic) bond motifs is 1. The Kier molecular flexibility index (Phi) is 2.31. The molecule has 0 atom stereocenters. The molecule has 0 spiro atoms. The minimum absolute atomic E-state index is 0.396. The van der Waals surface area contributed by atoms with Crippen molar-refractivity contribution >= 4 is 22.7 Å². The van der Waals surface area contributed by atoms with Gasteiger partial charge in [0.2, 0.25) is 0 Å². The molecule has 2 N–H and O–H groups in total. The van der Waals surface area contributed by atoms with E-state index in [1.807, 2.05) is 0 Å². The summed E-state index contributed by atoms with van der Waals surface area (Å²) in [4.78, 5) is 11.3. The Morgan fingerprint density at radius 2 is 2.29 bits per heavy atom. The van der Waals surface area contributed by atoms with Crippen LogP contribution >= 0.6 is 11.6 Å². The summed E-state index contributed by atoms with van der Waals surface area (Å²) in [6.45, 7) is 0.852. The Hall–Kier alpha value is -1.26. The van der Waals surface area contributed by atoms with Gasteiger partial charge in [-0.05, 0) is 12.1 Å². The fourth-order valence-electron chi connectivity index (χ4n) is 1.38. The molecule has 1 heterocycles. The Morgan fingerprint density at radius 3 is 3.00 bits per heavy atom. The minimum Gasteiger partial charge on any atom is -0.408 e. The summed E-state index contributed by atoms with van der Waals surface area (Å²) >= 11 is 5.76. The highest BCUT2D eigenvalue weighted by atomic mass is 35.5. The number of hydrogen-bond donors (Lipinski definition) is 1. The second-order valence-corrected chi connectivity index (χ2v) is 3.36. The van der Waals surface area contributed by atoms with Crippen molar-refractivity contribution in [2.75, 3.05) is 6.54 Å². The second kappa shape index (κ2) is 3.48. The van der Waals surface area contributed by atoms with Crippen molar-refractivity contribution < 1.29 is 4.42 Å². The predicted octanol–water partition coefficient (Wildman–Crippen LogP) is 1.21. The molecule has 14 heavy (non-hydrogen) atoms. The first-order chi connectivity index (χ1) is 6.72. The molecule has 2 rings (SSSR count). The van der Waals surface area contributed by atoms with Crippen LogP contribution in [-0.2, 0) is 6.54 Å². The summed E-state index contributed by atoms with van der Waals surface area (Å²) in [6.07, 6.45) is 0. The standard InChI is InChI=1S/C9H9ClN2O2/c10-6-1-2-7-8(5-6)14-9(13)12(7)4-3-11/h1-2,5H,3-4,11H2. The summed E-state index contributed by atoms with van der Waals surface area (Å²) in [6, 6.07) is 5.08. The first-order valence-corrected chi connectivity index (χ1v) is 4.59. The topological polar surface area (TPSA) is 61.2 Å². The number of nitrogens with two attached hydrogens (primary N) is 1. The summed E-state index contributed by atoms with van der Waals surface area (Å²) < 4.78 is 6.49. The van der Waals surface area contributed by atoms with Gasteiger partial charge in [0, 0.05) is 24.2 Å². The van der Waals surface area contributed by atoms with Crippen molar-refractivity contribution in [1.29, 1.82) is 0 Å².